The predicted octanol–water partition coefficient (Wildman–Crippen LogP) is 2.09. The Morgan fingerprint density at radius 3 is 3.00 bits per heavy atom. The van der Waals surface area contributed by atoms with E-state index in [-0.39, 0.29) is 23.8 Å². The average molecular weight is 341 g/mol. The van der Waals surface area contributed by atoms with Gasteiger partial charge in [-0.1, -0.05) is 17.3 Å². The van der Waals surface area contributed by atoms with Gasteiger partial charge in [0.1, 0.15) is 5.69 Å². The average Bonchev–Trinajstić information content (AvgIpc) is 3.29. The summed E-state index contributed by atoms with van der Waals surface area (Å²) in [4.78, 5) is 14.5. The fraction of sp³-hybridized carbons (Fsp3) is 0.389. The number of rotatable bonds is 5. The molecule has 1 saturated heterocycles. The van der Waals surface area contributed by atoms with Gasteiger partial charge in [-0.15, -0.1) is 0 Å². The highest BCUT2D eigenvalue weighted by Gasteiger charge is 2.37. The maximum atomic E-state index is 12.8. The molecule has 1 fully saturated rings. The minimum absolute atomic E-state index is 0.0150. The first-order valence-electron chi connectivity index (χ1n) is 7.96. The molecule has 1 amide bonds. The van der Waals surface area contributed by atoms with E-state index in [4.69, 9.17) is 19.3 Å². The van der Waals surface area contributed by atoms with Crippen LogP contribution in [0.25, 0.3) is 11.3 Å². The lowest BCUT2D eigenvalue weighted by molar-refractivity contribution is 0.0574. The van der Waals surface area contributed by atoms with Crippen LogP contribution in [0.3, 0.4) is 0 Å². The van der Waals surface area contributed by atoms with Crippen LogP contribution in [-0.2, 0) is 9.47 Å². The second-order valence-corrected chi connectivity index (χ2v) is 5.93. The van der Waals surface area contributed by atoms with Crippen molar-refractivity contribution in [3.05, 3.63) is 41.7 Å². The summed E-state index contributed by atoms with van der Waals surface area (Å²) < 4.78 is 15.8. The highest BCUT2D eigenvalue weighted by Crippen LogP contribution is 2.25. The van der Waals surface area contributed by atoms with Crippen molar-refractivity contribution in [2.24, 2.45) is 0 Å². The number of carbonyl (C=O) groups is 1. The first-order valence-corrected chi connectivity index (χ1v) is 7.96. The SMILES string of the molecule is COC[C@@H]1C[C@@H](OC)CN1C(=O)c1cc(-c2cccc(C#N)c2)no1. The monoisotopic (exact) mass is 341 g/mol. The minimum atomic E-state index is -0.239. The summed E-state index contributed by atoms with van der Waals surface area (Å²) in [5.41, 5.74) is 1.77. The van der Waals surface area contributed by atoms with Crippen molar-refractivity contribution in [2.75, 3.05) is 27.4 Å². The molecule has 0 spiro atoms. The molecule has 0 N–H and O–H groups in total. The van der Waals surface area contributed by atoms with Crippen LogP contribution >= 0.6 is 0 Å². The quantitative estimate of drug-likeness (QED) is 0.827. The number of ether oxygens (including phenoxy) is 2. The Kier molecular flexibility index (Phi) is 5.12. The Hall–Kier alpha value is -2.69. The van der Waals surface area contributed by atoms with Gasteiger partial charge in [-0.25, -0.2) is 0 Å². The molecule has 3 rings (SSSR count). The minimum Gasteiger partial charge on any atom is -0.383 e. The van der Waals surface area contributed by atoms with Crippen LogP contribution in [0.1, 0.15) is 22.5 Å². The van der Waals surface area contributed by atoms with Gasteiger partial charge in [-0.05, 0) is 18.6 Å². The first-order chi connectivity index (χ1) is 12.2. The summed E-state index contributed by atoms with van der Waals surface area (Å²) in [6, 6.07) is 10.6. The van der Waals surface area contributed by atoms with E-state index in [1.165, 1.54) is 0 Å². The third-order valence-corrected chi connectivity index (χ3v) is 4.34. The van der Waals surface area contributed by atoms with Gasteiger partial charge in [0.05, 0.1) is 30.4 Å². The normalized spacial score (nSPS) is 19.8. The Morgan fingerprint density at radius 1 is 1.44 bits per heavy atom. The fourth-order valence-electron chi connectivity index (χ4n) is 3.05. The highest BCUT2D eigenvalue weighted by molar-refractivity contribution is 5.93. The molecule has 0 aliphatic carbocycles. The molecular formula is C18H19N3O4. The highest BCUT2D eigenvalue weighted by atomic mass is 16.5. The third kappa shape index (κ3) is 3.55. The molecule has 2 heterocycles. The van der Waals surface area contributed by atoms with Gasteiger partial charge in [0, 0.05) is 32.4 Å². The molecule has 0 radical (unpaired) electrons. The largest absolute Gasteiger partial charge is 0.383 e. The van der Waals surface area contributed by atoms with Gasteiger partial charge in [-0.2, -0.15) is 5.26 Å². The lowest BCUT2D eigenvalue weighted by Crippen LogP contribution is -2.38. The summed E-state index contributed by atoms with van der Waals surface area (Å²) in [7, 11) is 3.24. The second-order valence-electron chi connectivity index (χ2n) is 5.93. The smallest absolute Gasteiger partial charge is 0.292 e. The van der Waals surface area contributed by atoms with Crippen molar-refractivity contribution in [1.82, 2.24) is 10.1 Å². The molecule has 25 heavy (non-hydrogen) atoms. The van der Waals surface area contributed by atoms with Crippen LogP contribution in [0.2, 0.25) is 0 Å². The van der Waals surface area contributed by atoms with Gasteiger partial charge in [0.15, 0.2) is 0 Å². The number of amides is 1. The topological polar surface area (TPSA) is 88.6 Å². The van der Waals surface area contributed by atoms with Gasteiger partial charge < -0.3 is 18.9 Å². The molecular weight excluding hydrogens is 322 g/mol. The molecule has 0 unspecified atom stereocenters. The van der Waals surface area contributed by atoms with Crippen molar-refractivity contribution < 1.29 is 18.8 Å². The van der Waals surface area contributed by atoms with Crippen LogP contribution in [-0.4, -0.2) is 55.5 Å². The lowest BCUT2D eigenvalue weighted by Gasteiger charge is -2.22. The molecule has 7 nitrogen and oxygen atoms in total. The molecule has 0 saturated carbocycles. The number of nitriles is 1. The molecule has 2 aromatic rings. The van der Waals surface area contributed by atoms with Crippen LogP contribution in [0.5, 0.6) is 0 Å². The van der Waals surface area contributed by atoms with Crippen molar-refractivity contribution in [1.29, 1.82) is 5.26 Å². The van der Waals surface area contributed by atoms with Gasteiger partial charge >= 0.3 is 0 Å². The van der Waals surface area contributed by atoms with Crippen molar-refractivity contribution >= 4 is 5.91 Å². The first kappa shape index (κ1) is 17.1. The fourth-order valence-corrected chi connectivity index (χ4v) is 3.05. The number of hydrogen-bond donors (Lipinski definition) is 0. The van der Waals surface area contributed by atoms with E-state index in [9.17, 15) is 4.79 Å². The number of carbonyl (C=O) groups excluding carboxylic acids is 1. The standard InChI is InChI=1S/C18H19N3O4/c1-23-11-14-7-15(24-2)10-21(14)18(22)17-8-16(20-25-17)13-5-3-4-12(6-13)9-19/h3-6,8,14-15H,7,10-11H2,1-2H3/t14-,15+/m0/s1. The summed E-state index contributed by atoms with van der Waals surface area (Å²) in [5.74, 6) is -0.0768. The Bertz CT molecular complexity index is 796. The maximum absolute atomic E-state index is 12.8. The number of aromatic nitrogens is 1. The Morgan fingerprint density at radius 2 is 2.28 bits per heavy atom. The van der Waals surface area contributed by atoms with Crippen molar-refractivity contribution in [3.8, 4) is 17.3 Å². The lowest BCUT2D eigenvalue weighted by atomic mass is 10.1. The maximum Gasteiger partial charge on any atom is 0.292 e. The van der Waals surface area contributed by atoms with Crippen LogP contribution < -0.4 is 0 Å². The molecule has 130 valence electrons. The summed E-state index contributed by atoms with van der Waals surface area (Å²) in [5, 5.41) is 13.0. The van der Waals surface area contributed by atoms with Gasteiger partial charge in [-0.3, -0.25) is 4.79 Å². The molecule has 1 aliphatic heterocycles. The summed E-state index contributed by atoms with van der Waals surface area (Å²) in [6.07, 6.45) is 0.709. The molecule has 1 aromatic carbocycles. The van der Waals surface area contributed by atoms with Crippen LogP contribution in [0, 0.1) is 11.3 Å². The predicted molar refractivity (Wildman–Crippen MR) is 88.8 cm³/mol. The number of hydrogen-bond acceptors (Lipinski definition) is 6. The van der Waals surface area contributed by atoms with Gasteiger partial charge in [0.2, 0.25) is 5.76 Å². The van der Waals surface area contributed by atoms with E-state index in [0.717, 1.165) is 12.0 Å². The number of likely N-dealkylation sites (tertiary alicyclic amines) is 1. The zero-order valence-electron chi connectivity index (χ0n) is 14.1. The van der Waals surface area contributed by atoms with E-state index in [1.54, 1.807) is 43.4 Å². The molecule has 1 aromatic heterocycles. The number of methoxy groups -OCH3 is 2. The van der Waals surface area contributed by atoms with E-state index in [1.807, 2.05) is 6.07 Å². The Labute approximate surface area is 145 Å². The van der Waals surface area contributed by atoms with E-state index in [2.05, 4.69) is 11.2 Å². The Balaban J connectivity index is 1.81. The molecule has 1 aliphatic rings. The van der Waals surface area contributed by atoms with Crippen LogP contribution in [0.4, 0.5) is 0 Å². The zero-order chi connectivity index (χ0) is 17.8. The summed E-state index contributed by atoms with van der Waals surface area (Å²) in [6.45, 7) is 0.931. The van der Waals surface area contributed by atoms with E-state index >= 15 is 0 Å². The van der Waals surface area contributed by atoms with Crippen molar-refractivity contribution in [3.63, 3.8) is 0 Å². The number of benzene rings is 1. The zero-order valence-corrected chi connectivity index (χ0v) is 14.1. The van der Waals surface area contributed by atoms with Crippen molar-refractivity contribution in [2.45, 2.75) is 18.6 Å². The summed E-state index contributed by atoms with van der Waals surface area (Å²) >= 11 is 0. The second kappa shape index (κ2) is 7.47. The molecule has 7 heteroatoms. The molecule has 0 bridgehead atoms. The third-order valence-electron chi connectivity index (χ3n) is 4.34. The van der Waals surface area contributed by atoms with E-state index < -0.39 is 0 Å². The van der Waals surface area contributed by atoms with Crippen LogP contribution in [0.15, 0.2) is 34.9 Å². The number of nitrogens with zero attached hydrogens (tertiary/aromatic N) is 3. The molecule has 2 atom stereocenters. The van der Waals surface area contributed by atoms with Gasteiger partial charge in [0.25, 0.3) is 5.91 Å². The van der Waals surface area contributed by atoms with E-state index in [0.29, 0.717) is 24.4 Å².